The maximum Gasteiger partial charge on any atom is 0.137 e. The van der Waals surface area contributed by atoms with E-state index in [1.807, 2.05) is 0 Å². The molecule has 0 aliphatic heterocycles. The minimum Gasteiger partial charge on any atom is -0.389 e. The second-order valence-electron chi connectivity index (χ2n) is 4.07. The van der Waals surface area contributed by atoms with Crippen molar-refractivity contribution in [3.63, 3.8) is 0 Å². The number of hydrogen-bond acceptors (Lipinski definition) is 2. The van der Waals surface area contributed by atoms with Crippen LogP contribution in [0.4, 0.5) is 4.39 Å². The first-order valence-corrected chi connectivity index (χ1v) is 6.09. The Morgan fingerprint density at radius 1 is 1.33 bits per heavy atom. The van der Waals surface area contributed by atoms with E-state index in [2.05, 4.69) is 13.8 Å². The lowest BCUT2D eigenvalue weighted by molar-refractivity contribution is 0.198. The molecule has 1 aromatic carbocycles. The molecule has 0 unspecified atom stereocenters. The normalized spacial score (nSPS) is 13.2. The highest BCUT2D eigenvalue weighted by Gasteiger charge is 2.07. The van der Waals surface area contributed by atoms with E-state index in [9.17, 15) is 9.50 Å². The van der Waals surface area contributed by atoms with Crippen LogP contribution < -0.4 is 0 Å². The molecule has 0 heterocycles. The standard InChI is InChI=1S/C12H17FOS/c1-8(2)7-15-12-5-4-10(9(3)14)6-11(12)13/h4-6,8-9,14H,7H2,1-3H3/t9-/m0/s1. The fourth-order valence-corrected chi connectivity index (χ4v) is 2.02. The molecule has 1 rings (SSSR count). The Balaban J connectivity index is 2.75. The molecule has 1 atom stereocenters. The Kier molecular flexibility index (Phi) is 4.61. The fraction of sp³-hybridized carbons (Fsp3) is 0.500. The van der Waals surface area contributed by atoms with Gasteiger partial charge in [0.2, 0.25) is 0 Å². The molecule has 0 amide bonds. The zero-order valence-corrected chi connectivity index (χ0v) is 10.1. The second-order valence-corrected chi connectivity index (χ2v) is 5.13. The monoisotopic (exact) mass is 228 g/mol. The van der Waals surface area contributed by atoms with E-state index in [1.54, 1.807) is 19.1 Å². The summed E-state index contributed by atoms with van der Waals surface area (Å²) in [6, 6.07) is 4.92. The number of aliphatic hydroxyl groups excluding tert-OH is 1. The van der Waals surface area contributed by atoms with Gasteiger partial charge >= 0.3 is 0 Å². The van der Waals surface area contributed by atoms with Crippen LogP contribution >= 0.6 is 11.8 Å². The summed E-state index contributed by atoms with van der Waals surface area (Å²) < 4.78 is 13.5. The molecule has 1 N–H and O–H groups in total. The third-order valence-electron chi connectivity index (χ3n) is 2.01. The molecule has 0 aliphatic carbocycles. The highest BCUT2D eigenvalue weighted by atomic mass is 32.2. The molecule has 84 valence electrons. The van der Waals surface area contributed by atoms with Crippen LogP contribution in [-0.4, -0.2) is 10.9 Å². The van der Waals surface area contributed by atoms with Crippen molar-refractivity contribution in [1.29, 1.82) is 0 Å². The third kappa shape index (κ3) is 3.84. The van der Waals surface area contributed by atoms with Gasteiger partial charge in [0.25, 0.3) is 0 Å². The fourth-order valence-electron chi connectivity index (χ4n) is 1.15. The molecule has 0 saturated heterocycles. The molecular weight excluding hydrogens is 211 g/mol. The van der Waals surface area contributed by atoms with E-state index >= 15 is 0 Å². The Morgan fingerprint density at radius 3 is 2.47 bits per heavy atom. The molecule has 3 heteroatoms. The topological polar surface area (TPSA) is 20.2 Å². The van der Waals surface area contributed by atoms with E-state index in [1.165, 1.54) is 17.8 Å². The first-order valence-electron chi connectivity index (χ1n) is 5.11. The summed E-state index contributed by atoms with van der Waals surface area (Å²) in [5, 5.41) is 9.28. The molecule has 0 bridgehead atoms. The predicted octanol–water partition coefficient (Wildman–Crippen LogP) is 3.63. The average molecular weight is 228 g/mol. The van der Waals surface area contributed by atoms with Gasteiger partial charge in [0.05, 0.1) is 6.10 Å². The van der Waals surface area contributed by atoms with Crippen LogP contribution in [0.5, 0.6) is 0 Å². The van der Waals surface area contributed by atoms with Crippen molar-refractivity contribution in [3.05, 3.63) is 29.6 Å². The summed E-state index contributed by atoms with van der Waals surface area (Å²) in [4.78, 5) is 0.660. The minimum atomic E-state index is -0.608. The van der Waals surface area contributed by atoms with E-state index in [4.69, 9.17) is 0 Å². The molecule has 0 aliphatic rings. The van der Waals surface area contributed by atoms with Crippen molar-refractivity contribution >= 4 is 11.8 Å². The van der Waals surface area contributed by atoms with E-state index in [-0.39, 0.29) is 5.82 Å². The van der Waals surface area contributed by atoms with Crippen LogP contribution in [0.25, 0.3) is 0 Å². The van der Waals surface area contributed by atoms with Crippen LogP contribution in [-0.2, 0) is 0 Å². The molecular formula is C12H17FOS. The van der Waals surface area contributed by atoms with Gasteiger partial charge in [-0.2, -0.15) is 0 Å². The highest BCUT2D eigenvalue weighted by Crippen LogP contribution is 2.26. The lowest BCUT2D eigenvalue weighted by atomic mass is 10.1. The first-order chi connectivity index (χ1) is 7.00. The Hall–Kier alpha value is -0.540. The van der Waals surface area contributed by atoms with Crippen molar-refractivity contribution in [2.24, 2.45) is 5.92 Å². The number of benzene rings is 1. The van der Waals surface area contributed by atoms with Crippen LogP contribution in [0, 0.1) is 11.7 Å². The molecule has 0 aromatic heterocycles. The number of hydrogen-bond donors (Lipinski definition) is 1. The predicted molar refractivity (Wildman–Crippen MR) is 62.6 cm³/mol. The Labute approximate surface area is 94.7 Å². The minimum absolute atomic E-state index is 0.237. The summed E-state index contributed by atoms with van der Waals surface area (Å²) in [7, 11) is 0. The molecule has 0 fully saturated rings. The van der Waals surface area contributed by atoms with E-state index < -0.39 is 6.10 Å². The molecule has 15 heavy (non-hydrogen) atoms. The van der Waals surface area contributed by atoms with Gasteiger partial charge < -0.3 is 5.11 Å². The Bertz CT molecular complexity index is 323. The van der Waals surface area contributed by atoms with Gasteiger partial charge in [-0.15, -0.1) is 11.8 Å². The van der Waals surface area contributed by atoms with E-state index in [0.29, 0.717) is 16.4 Å². The van der Waals surface area contributed by atoms with Crippen molar-refractivity contribution in [1.82, 2.24) is 0 Å². The largest absolute Gasteiger partial charge is 0.389 e. The highest BCUT2D eigenvalue weighted by molar-refractivity contribution is 7.99. The second kappa shape index (κ2) is 5.52. The van der Waals surface area contributed by atoms with Crippen molar-refractivity contribution in [3.8, 4) is 0 Å². The smallest absolute Gasteiger partial charge is 0.137 e. The maximum absolute atomic E-state index is 13.5. The van der Waals surface area contributed by atoms with Crippen LogP contribution in [0.2, 0.25) is 0 Å². The number of rotatable bonds is 4. The average Bonchev–Trinajstić information content (AvgIpc) is 2.15. The number of halogens is 1. The summed E-state index contributed by atoms with van der Waals surface area (Å²) in [5.41, 5.74) is 0.626. The lowest BCUT2D eigenvalue weighted by Gasteiger charge is -2.09. The van der Waals surface area contributed by atoms with Gasteiger partial charge in [0.1, 0.15) is 5.82 Å². The van der Waals surface area contributed by atoms with Gasteiger partial charge in [-0.25, -0.2) is 4.39 Å². The Morgan fingerprint density at radius 2 is 2.00 bits per heavy atom. The molecule has 0 radical (unpaired) electrons. The summed E-state index contributed by atoms with van der Waals surface area (Å²) in [5.74, 6) is 1.22. The van der Waals surface area contributed by atoms with Gasteiger partial charge in [-0.1, -0.05) is 19.9 Å². The van der Waals surface area contributed by atoms with Crippen molar-refractivity contribution in [2.75, 3.05) is 5.75 Å². The zero-order chi connectivity index (χ0) is 11.4. The van der Waals surface area contributed by atoms with Crippen molar-refractivity contribution in [2.45, 2.75) is 31.8 Å². The molecule has 1 aromatic rings. The first kappa shape index (κ1) is 12.5. The van der Waals surface area contributed by atoms with Crippen LogP contribution in [0.15, 0.2) is 23.1 Å². The molecule has 1 nitrogen and oxygen atoms in total. The maximum atomic E-state index is 13.5. The van der Waals surface area contributed by atoms with Gasteiger partial charge in [-0.05, 0) is 30.5 Å². The SMILES string of the molecule is CC(C)CSc1ccc([C@H](C)O)cc1F. The summed E-state index contributed by atoms with van der Waals surface area (Å²) in [6.45, 7) is 5.85. The molecule has 0 spiro atoms. The van der Waals surface area contributed by atoms with Gasteiger partial charge in [-0.3, -0.25) is 0 Å². The van der Waals surface area contributed by atoms with Gasteiger partial charge in [0, 0.05) is 10.6 Å². The summed E-state index contributed by atoms with van der Waals surface area (Å²) >= 11 is 1.52. The zero-order valence-electron chi connectivity index (χ0n) is 9.33. The summed E-state index contributed by atoms with van der Waals surface area (Å²) in [6.07, 6.45) is -0.608. The molecule has 0 saturated carbocycles. The third-order valence-corrected chi connectivity index (χ3v) is 3.49. The van der Waals surface area contributed by atoms with Crippen LogP contribution in [0.1, 0.15) is 32.4 Å². The lowest BCUT2D eigenvalue weighted by Crippen LogP contribution is -1.95. The van der Waals surface area contributed by atoms with Crippen molar-refractivity contribution < 1.29 is 9.50 Å². The number of thioether (sulfide) groups is 1. The van der Waals surface area contributed by atoms with E-state index in [0.717, 1.165) is 5.75 Å². The van der Waals surface area contributed by atoms with Gasteiger partial charge in [0.15, 0.2) is 0 Å². The quantitative estimate of drug-likeness (QED) is 0.794. The van der Waals surface area contributed by atoms with Crippen LogP contribution in [0.3, 0.4) is 0 Å². The number of aliphatic hydroxyl groups is 1.